The predicted molar refractivity (Wildman–Crippen MR) is 99.7 cm³/mol. The molecule has 1 aromatic heterocycles. The molecule has 2 aromatic rings. The molecule has 1 aromatic carbocycles. The van der Waals surface area contributed by atoms with Crippen molar-refractivity contribution in [2.45, 2.75) is 19.3 Å². The minimum absolute atomic E-state index is 0.0904. The van der Waals surface area contributed by atoms with E-state index < -0.39 is 0 Å². The van der Waals surface area contributed by atoms with Gasteiger partial charge in [0.1, 0.15) is 5.75 Å². The Morgan fingerprint density at radius 1 is 1.29 bits per heavy atom. The van der Waals surface area contributed by atoms with E-state index in [1.54, 1.807) is 29.2 Å². The number of likely N-dealkylation sites (tertiary alicyclic amines) is 1. The van der Waals surface area contributed by atoms with Gasteiger partial charge in [0.15, 0.2) is 17.3 Å². The van der Waals surface area contributed by atoms with Gasteiger partial charge in [0.05, 0.1) is 19.1 Å². The van der Waals surface area contributed by atoms with Crippen LogP contribution in [-0.4, -0.2) is 43.7 Å². The van der Waals surface area contributed by atoms with Gasteiger partial charge in [-0.1, -0.05) is 0 Å². The highest BCUT2D eigenvalue weighted by atomic mass is 16.7. The second-order valence-electron chi connectivity index (χ2n) is 6.89. The van der Waals surface area contributed by atoms with E-state index in [0.29, 0.717) is 48.2 Å². The molecule has 148 valence electrons. The molecule has 0 radical (unpaired) electrons. The third-order valence-electron chi connectivity index (χ3n) is 4.98. The molecular weight excluding hydrogens is 364 g/mol. The van der Waals surface area contributed by atoms with Crippen molar-refractivity contribution in [1.82, 2.24) is 4.90 Å². The van der Waals surface area contributed by atoms with Crippen molar-refractivity contribution < 1.29 is 28.2 Å². The standard InChI is InChI=1S/C20H22N2O6/c1-25-16-10-18-17(27-12-28-18)9-14(16)21-19(23)8-13-4-2-6-22(11-13)20(24)15-5-3-7-26-15/h3,5,7,9-10,13H,2,4,6,8,11-12H2,1H3,(H,21,23). The van der Waals surface area contributed by atoms with E-state index in [9.17, 15) is 9.59 Å². The van der Waals surface area contributed by atoms with Crippen molar-refractivity contribution in [3.63, 3.8) is 0 Å². The van der Waals surface area contributed by atoms with Crippen LogP contribution in [0.15, 0.2) is 34.9 Å². The normalized spacial score (nSPS) is 18.0. The fourth-order valence-corrected chi connectivity index (χ4v) is 3.63. The highest BCUT2D eigenvalue weighted by Crippen LogP contribution is 2.40. The second kappa shape index (κ2) is 7.84. The number of ether oxygens (including phenoxy) is 3. The Labute approximate surface area is 162 Å². The van der Waals surface area contributed by atoms with E-state index >= 15 is 0 Å². The van der Waals surface area contributed by atoms with Gasteiger partial charge in [0.2, 0.25) is 12.7 Å². The molecule has 2 amide bonds. The Balaban J connectivity index is 1.38. The van der Waals surface area contributed by atoms with Crippen LogP contribution in [0.3, 0.4) is 0 Å². The predicted octanol–water partition coefficient (Wildman–Crippen LogP) is 2.90. The molecule has 8 nitrogen and oxygen atoms in total. The van der Waals surface area contributed by atoms with Crippen LogP contribution in [0.4, 0.5) is 5.69 Å². The zero-order valence-electron chi connectivity index (χ0n) is 15.6. The van der Waals surface area contributed by atoms with Gasteiger partial charge in [-0.05, 0) is 30.9 Å². The van der Waals surface area contributed by atoms with Gasteiger partial charge >= 0.3 is 0 Å². The molecule has 28 heavy (non-hydrogen) atoms. The first-order chi connectivity index (χ1) is 13.6. The molecule has 2 aliphatic heterocycles. The number of benzene rings is 1. The summed E-state index contributed by atoms with van der Waals surface area (Å²) in [5.74, 6) is 1.83. The summed E-state index contributed by atoms with van der Waals surface area (Å²) in [6.07, 6.45) is 3.56. The molecule has 0 bridgehead atoms. The van der Waals surface area contributed by atoms with E-state index in [2.05, 4.69) is 5.32 Å². The summed E-state index contributed by atoms with van der Waals surface area (Å²) in [5.41, 5.74) is 0.538. The number of methoxy groups -OCH3 is 1. The molecule has 4 rings (SSSR count). The zero-order chi connectivity index (χ0) is 19.5. The van der Waals surface area contributed by atoms with Crippen LogP contribution in [0.5, 0.6) is 17.2 Å². The summed E-state index contributed by atoms with van der Waals surface area (Å²) in [6, 6.07) is 6.75. The average Bonchev–Trinajstić information content (AvgIpc) is 3.38. The topological polar surface area (TPSA) is 90.2 Å². The number of carbonyl (C=O) groups excluding carboxylic acids is 2. The van der Waals surface area contributed by atoms with Gasteiger partial charge in [0, 0.05) is 31.6 Å². The monoisotopic (exact) mass is 386 g/mol. The van der Waals surface area contributed by atoms with Crippen LogP contribution in [-0.2, 0) is 4.79 Å². The number of furan rings is 1. The first-order valence-corrected chi connectivity index (χ1v) is 9.24. The maximum atomic E-state index is 12.6. The van der Waals surface area contributed by atoms with Crippen LogP contribution in [0.25, 0.3) is 0 Å². The van der Waals surface area contributed by atoms with E-state index in [4.69, 9.17) is 18.6 Å². The van der Waals surface area contributed by atoms with Crippen molar-refractivity contribution >= 4 is 17.5 Å². The fraction of sp³-hybridized carbons (Fsp3) is 0.400. The van der Waals surface area contributed by atoms with Crippen molar-refractivity contribution in [2.75, 3.05) is 32.3 Å². The lowest BCUT2D eigenvalue weighted by molar-refractivity contribution is -0.117. The lowest BCUT2D eigenvalue weighted by atomic mass is 9.94. The number of hydrogen-bond acceptors (Lipinski definition) is 6. The first-order valence-electron chi connectivity index (χ1n) is 9.24. The number of nitrogens with one attached hydrogen (secondary N) is 1. The Bertz CT molecular complexity index is 864. The first kappa shape index (κ1) is 18.2. The molecule has 1 unspecified atom stereocenters. The summed E-state index contributed by atoms with van der Waals surface area (Å²) >= 11 is 0. The minimum Gasteiger partial charge on any atom is -0.494 e. The Kier molecular flexibility index (Phi) is 5.10. The highest BCUT2D eigenvalue weighted by molar-refractivity contribution is 5.93. The van der Waals surface area contributed by atoms with Gasteiger partial charge in [0.25, 0.3) is 5.91 Å². The average molecular weight is 386 g/mol. The Morgan fingerprint density at radius 2 is 2.11 bits per heavy atom. The van der Waals surface area contributed by atoms with E-state index in [1.165, 1.54) is 13.4 Å². The molecule has 0 saturated carbocycles. The summed E-state index contributed by atoms with van der Waals surface area (Å²) in [7, 11) is 1.53. The largest absolute Gasteiger partial charge is 0.494 e. The third-order valence-corrected chi connectivity index (χ3v) is 4.98. The van der Waals surface area contributed by atoms with Gasteiger partial charge in [-0.2, -0.15) is 0 Å². The maximum Gasteiger partial charge on any atom is 0.289 e. The van der Waals surface area contributed by atoms with Crippen LogP contribution < -0.4 is 19.5 Å². The zero-order valence-corrected chi connectivity index (χ0v) is 15.6. The molecule has 2 aliphatic rings. The minimum atomic E-state index is -0.132. The van der Waals surface area contributed by atoms with Gasteiger partial charge < -0.3 is 28.8 Å². The summed E-state index contributed by atoms with van der Waals surface area (Å²) in [5, 5.41) is 2.89. The molecule has 8 heteroatoms. The van der Waals surface area contributed by atoms with E-state index in [1.807, 2.05) is 0 Å². The number of hydrogen-bond donors (Lipinski definition) is 1. The number of nitrogens with zero attached hydrogens (tertiary/aromatic N) is 1. The van der Waals surface area contributed by atoms with Crippen molar-refractivity contribution in [3.05, 3.63) is 36.3 Å². The van der Waals surface area contributed by atoms with Crippen molar-refractivity contribution in [2.24, 2.45) is 5.92 Å². The van der Waals surface area contributed by atoms with Gasteiger partial charge in [-0.25, -0.2) is 0 Å². The lowest BCUT2D eigenvalue weighted by Gasteiger charge is -2.32. The van der Waals surface area contributed by atoms with Gasteiger partial charge in [-0.3, -0.25) is 9.59 Å². The molecule has 1 fully saturated rings. The summed E-state index contributed by atoms with van der Waals surface area (Å²) in [4.78, 5) is 26.8. The second-order valence-corrected chi connectivity index (χ2v) is 6.89. The SMILES string of the molecule is COc1cc2c(cc1NC(=O)CC1CCCN(C(=O)c3ccco3)C1)OCO2. The van der Waals surface area contributed by atoms with Crippen molar-refractivity contribution in [3.8, 4) is 17.2 Å². The molecule has 1 atom stereocenters. The van der Waals surface area contributed by atoms with Crippen LogP contribution >= 0.6 is 0 Å². The fourth-order valence-electron chi connectivity index (χ4n) is 3.63. The third kappa shape index (κ3) is 3.76. The Morgan fingerprint density at radius 3 is 2.86 bits per heavy atom. The lowest BCUT2D eigenvalue weighted by Crippen LogP contribution is -2.40. The van der Waals surface area contributed by atoms with Crippen LogP contribution in [0.2, 0.25) is 0 Å². The molecular formula is C20H22N2O6. The number of amides is 2. The van der Waals surface area contributed by atoms with Gasteiger partial charge in [-0.15, -0.1) is 0 Å². The summed E-state index contributed by atoms with van der Waals surface area (Å²) < 4.78 is 21.2. The quantitative estimate of drug-likeness (QED) is 0.850. The summed E-state index contributed by atoms with van der Waals surface area (Å²) in [6.45, 7) is 1.36. The maximum absolute atomic E-state index is 12.6. The Hall–Kier alpha value is -3.16. The van der Waals surface area contributed by atoms with Crippen LogP contribution in [0, 0.1) is 5.92 Å². The number of carbonyl (C=O) groups is 2. The number of anilines is 1. The molecule has 0 aliphatic carbocycles. The number of piperidine rings is 1. The molecule has 0 spiro atoms. The van der Waals surface area contributed by atoms with Crippen LogP contribution in [0.1, 0.15) is 29.8 Å². The molecule has 1 saturated heterocycles. The highest BCUT2D eigenvalue weighted by Gasteiger charge is 2.27. The van der Waals surface area contributed by atoms with E-state index in [0.717, 1.165) is 12.8 Å². The smallest absolute Gasteiger partial charge is 0.289 e. The number of fused-ring (bicyclic) bond motifs is 1. The van der Waals surface area contributed by atoms with Crippen molar-refractivity contribution in [1.29, 1.82) is 0 Å². The molecule has 1 N–H and O–H groups in total. The molecule has 3 heterocycles. The van der Waals surface area contributed by atoms with E-state index in [-0.39, 0.29) is 24.5 Å². The number of rotatable bonds is 5.